The van der Waals surface area contributed by atoms with Crippen LogP contribution in [0.25, 0.3) is 0 Å². The summed E-state index contributed by atoms with van der Waals surface area (Å²) < 4.78 is 0. The van der Waals surface area contributed by atoms with Gasteiger partial charge in [0, 0.05) is 17.5 Å². The van der Waals surface area contributed by atoms with Gasteiger partial charge in [-0.1, -0.05) is 12.1 Å². The summed E-state index contributed by atoms with van der Waals surface area (Å²) in [6.07, 6.45) is 1.32. The van der Waals surface area contributed by atoms with Crippen molar-refractivity contribution in [2.24, 2.45) is 0 Å². The van der Waals surface area contributed by atoms with Crippen molar-refractivity contribution in [2.45, 2.75) is 18.2 Å². The Hall–Kier alpha value is -0.670. The molecule has 0 saturated carbocycles. The van der Waals surface area contributed by atoms with E-state index in [1.54, 1.807) is 12.1 Å². The zero-order valence-corrected chi connectivity index (χ0v) is 8.89. The first-order valence-electron chi connectivity index (χ1n) is 4.93. The van der Waals surface area contributed by atoms with Crippen LogP contribution in [0, 0.1) is 0 Å². The number of phenolic OH excluding ortho intramolecular Hbond substituents is 1. The molecule has 2 N–H and O–H groups in total. The summed E-state index contributed by atoms with van der Waals surface area (Å²) in [6.45, 7) is 1.18. The molecule has 0 aromatic heterocycles. The fraction of sp³-hybridized carbons (Fsp3) is 0.455. The Bertz CT molecular complexity index is 282. The number of aromatic hydroxyl groups is 1. The SMILES string of the molecule is Oc1ccc(CSCC2CCN2)cc1. The summed E-state index contributed by atoms with van der Waals surface area (Å²) in [5, 5.41) is 12.5. The molecule has 0 amide bonds. The lowest BCUT2D eigenvalue weighted by molar-refractivity contribution is 0.405. The van der Waals surface area contributed by atoms with Crippen LogP contribution in [0.4, 0.5) is 0 Å². The van der Waals surface area contributed by atoms with Gasteiger partial charge >= 0.3 is 0 Å². The second-order valence-corrected chi connectivity index (χ2v) is 4.65. The van der Waals surface area contributed by atoms with Crippen LogP contribution in [0.3, 0.4) is 0 Å². The molecular weight excluding hydrogens is 194 g/mol. The van der Waals surface area contributed by atoms with Crippen LogP contribution in [0.1, 0.15) is 12.0 Å². The summed E-state index contributed by atoms with van der Waals surface area (Å²) in [7, 11) is 0. The average Bonchev–Trinajstić information content (AvgIpc) is 2.12. The fourth-order valence-electron chi connectivity index (χ4n) is 1.40. The van der Waals surface area contributed by atoms with Crippen LogP contribution in [0.5, 0.6) is 5.75 Å². The van der Waals surface area contributed by atoms with Crippen LogP contribution in [-0.4, -0.2) is 23.4 Å². The molecule has 1 aromatic carbocycles. The lowest BCUT2D eigenvalue weighted by Gasteiger charge is -2.27. The van der Waals surface area contributed by atoms with Crippen molar-refractivity contribution in [2.75, 3.05) is 12.3 Å². The van der Waals surface area contributed by atoms with E-state index in [1.807, 2.05) is 23.9 Å². The predicted octanol–water partition coefficient (Wildman–Crippen LogP) is 1.99. The molecule has 0 bridgehead atoms. The third-order valence-corrected chi connectivity index (χ3v) is 3.63. The zero-order chi connectivity index (χ0) is 9.80. The summed E-state index contributed by atoms with van der Waals surface area (Å²) in [5.74, 6) is 2.58. The minimum Gasteiger partial charge on any atom is -0.508 e. The van der Waals surface area contributed by atoms with E-state index in [1.165, 1.54) is 24.3 Å². The minimum absolute atomic E-state index is 0.347. The van der Waals surface area contributed by atoms with Crippen molar-refractivity contribution >= 4 is 11.8 Å². The number of phenols is 1. The van der Waals surface area contributed by atoms with E-state index < -0.39 is 0 Å². The van der Waals surface area contributed by atoms with Gasteiger partial charge in [0.25, 0.3) is 0 Å². The first-order chi connectivity index (χ1) is 6.84. The molecular formula is C11H15NOS. The largest absolute Gasteiger partial charge is 0.508 e. The topological polar surface area (TPSA) is 32.3 Å². The van der Waals surface area contributed by atoms with Crippen molar-refractivity contribution in [3.63, 3.8) is 0 Å². The number of benzene rings is 1. The summed E-state index contributed by atoms with van der Waals surface area (Å²) >= 11 is 1.95. The molecule has 1 atom stereocenters. The molecule has 3 heteroatoms. The van der Waals surface area contributed by atoms with Gasteiger partial charge < -0.3 is 10.4 Å². The van der Waals surface area contributed by atoms with Gasteiger partial charge in [-0.15, -0.1) is 0 Å². The lowest BCUT2D eigenvalue weighted by Crippen LogP contribution is -2.44. The quantitative estimate of drug-likeness (QED) is 0.795. The van der Waals surface area contributed by atoms with E-state index in [4.69, 9.17) is 5.11 Å². The minimum atomic E-state index is 0.347. The highest BCUT2D eigenvalue weighted by Crippen LogP contribution is 2.18. The van der Waals surface area contributed by atoms with Crippen molar-refractivity contribution in [3.05, 3.63) is 29.8 Å². The van der Waals surface area contributed by atoms with Gasteiger partial charge in [0.05, 0.1) is 0 Å². The first kappa shape index (κ1) is 9.87. The third kappa shape index (κ3) is 2.66. The van der Waals surface area contributed by atoms with Crippen LogP contribution in [-0.2, 0) is 5.75 Å². The van der Waals surface area contributed by atoms with Crippen molar-refractivity contribution in [3.8, 4) is 5.75 Å². The highest BCUT2D eigenvalue weighted by Gasteiger charge is 2.15. The lowest BCUT2D eigenvalue weighted by atomic mass is 10.1. The number of hydrogen-bond donors (Lipinski definition) is 2. The first-order valence-corrected chi connectivity index (χ1v) is 6.09. The van der Waals surface area contributed by atoms with Crippen LogP contribution in [0.15, 0.2) is 24.3 Å². The smallest absolute Gasteiger partial charge is 0.115 e. The Morgan fingerprint density at radius 1 is 1.36 bits per heavy atom. The van der Waals surface area contributed by atoms with Gasteiger partial charge in [0.1, 0.15) is 5.75 Å². The van der Waals surface area contributed by atoms with Crippen LogP contribution in [0.2, 0.25) is 0 Å². The molecule has 0 aliphatic carbocycles. The number of nitrogens with one attached hydrogen (secondary N) is 1. The molecule has 76 valence electrons. The van der Waals surface area contributed by atoms with Gasteiger partial charge in [-0.25, -0.2) is 0 Å². The van der Waals surface area contributed by atoms with E-state index in [0.29, 0.717) is 5.75 Å². The summed E-state index contributed by atoms with van der Waals surface area (Å²) in [5.41, 5.74) is 1.28. The normalized spacial score (nSPS) is 20.4. The highest BCUT2D eigenvalue weighted by molar-refractivity contribution is 7.98. The molecule has 1 aliphatic rings. The van der Waals surface area contributed by atoms with E-state index in [-0.39, 0.29) is 0 Å². The van der Waals surface area contributed by atoms with Gasteiger partial charge in [-0.2, -0.15) is 11.8 Å². The maximum absolute atomic E-state index is 9.10. The Labute approximate surface area is 88.7 Å². The maximum Gasteiger partial charge on any atom is 0.115 e. The van der Waals surface area contributed by atoms with Gasteiger partial charge in [-0.3, -0.25) is 0 Å². The average molecular weight is 209 g/mol. The molecule has 1 unspecified atom stereocenters. The molecule has 0 spiro atoms. The summed E-state index contributed by atoms with van der Waals surface area (Å²) in [6, 6.07) is 8.19. The van der Waals surface area contributed by atoms with Crippen LogP contribution < -0.4 is 5.32 Å². The molecule has 0 radical (unpaired) electrons. The fourth-order valence-corrected chi connectivity index (χ4v) is 2.52. The Morgan fingerprint density at radius 2 is 2.07 bits per heavy atom. The zero-order valence-electron chi connectivity index (χ0n) is 8.07. The van der Waals surface area contributed by atoms with Gasteiger partial charge in [0.15, 0.2) is 0 Å². The van der Waals surface area contributed by atoms with Gasteiger partial charge in [0.2, 0.25) is 0 Å². The Morgan fingerprint density at radius 3 is 2.64 bits per heavy atom. The number of thioether (sulfide) groups is 1. The molecule has 1 fully saturated rings. The molecule has 1 heterocycles. The number of hydrogen-bond acceptors (Lipinski definition) is 3. The maximum atomic E-state index is 9.10. The molecule has 2 nitrogen and oxygen atoms in total. The van der Waals surface area contributed by atoms with Crippen LogP contribution >= 0.6 is 11.8 Å². The highest BCUT2D eigenvalue weighted by atomic mass is 32.2. The van der Waals surface area contributed by atoms with Crippen molar-refractivity contribution < 1.29 is 5.11 Å². The second-order valence-electron chi connectivity index (χ2n) is 3.62. The molecule has 14 heavy (non-hydrogen) atoms. The van der Waals surface area contributed by atoms with Crippen molar-refractivity contribution in [1.82, 2.24) is 5.32 Å². The standard InChI is InChI=1S/C11H15NOS/c13-11-3-1-9(2-4-11)7-14-8-10-5-6-12-10/h1-4,10,12-13H,5-8H2. The van der Waals surface area contributed by atoms with Gasteiger partial charge in [-0.05, 0) is 30.7 Å². The molecule has 2 rings (SSSR count). The Kier molecular flexibility index (Phi) is 3.32. The van der Waals surface area contributed by atoms with E-state index in [2.05, 4.69) is 5.32 Å². The Balaban J connectivity index is 1.71. The predicted molar refractivity (Wildman–Crippen MR) is 60.7 cm³/mol. The number of rotatable bonds is 4. The molecule has 1 aromatic rings. The van der Waals surface area contributed by atoms with E-state index in [9.17, 15) is 0 Å². The van der Waals surface area contributed by atoms with E-state index >= 15 is 0 Å². The van der Waals surface area contributed by atoms with Crippen molar-refractivity contribution in [1.29, 1.82) is 0 Å². The molecule has 1 aliphatic heterocycles. The second kappa shape index (κ2) is 4.71. The molecule has 1 saturated heterocycles. The monoisotopic (exact) mass is 209 g/mol. The third-order valence-electron chi connectivity index (χ3n) is 2.45. The summed E-state index contributed by atoms with van der Waals surface area (Å²) in [4.78, 5) is 0. The van der Waals surface area contributed by atoms with E-state index in [0.717, 1.165) is 11.8 Å².